The van der Waals surface area contributed by atoms with Gasteiger partial charge in [0.2, 0.25) is 0 Å². The van der Waals surface area contributed by atoms with E-state index in [1.54, 1.807) is 0 Å². The van der Waals surface area contributed by atoms with Gasteiger partial charge in [-0.2, -0.15) is 0 Å². The maximum Gasteiger partial charge on any atom is 0.00952 e. The largest absolute Gasteiger partial charge is 0.300 e. The molecular formula is C16H33N. The van der Waals surface area contributed by atoms with Crippen molar-refractivity contribution in [3.8, 4) is 0 Å². The summed E-state index contributed by atoms with van der Waals surface area (Å²) in [4.78, 5) is 2.82. The molecule has 1 saturated heterocycles. The van der Waals surface area contributed by atoms with Crippen molar-refractivity contribution in [1.82, 2.24) is 4.90 Å². The van der Waals surface area contributed by atoms with E-state index in [0.29, 0.717) is 0 Å². The second-order valence-corrected chi connectivity index (χ2v) is 5.74. The zero-order chi connectivity index (χ0) is 12.3. The standard InChI is InChI=1S/C16H33N/c1-3-5-9-13-16(12-6-4-2)17-14-10-7-8-11-15-17/h16H,3-15H2,1-2H3. The summed E-state index contributed by atoms with van der Waals surface area (Å²) in [5, 5.41) is 0. The van der Waals surface area contributed by atoms with Gasteiger partial charge in [-0.25, -0.2) is 0 Å². The van der Waals surface area contributed by atoms with E-state index >= 15 is 0 Å². The fourth-order valence-electron chi connectivity index (χ4n) is 3.04. The minimum absolute atomic E-state index is 0.902. The van der Waals surface area contributed by atoms with E-state index in [1.807, 2.05) is 0 Å². The molecule has 1 fully saturated rings. The van der Waals surface area contributed by atoms with E-state index in [2.05, 4.69) is 18.7 Å². The molecule has 1 heteroatoms. The molecule has 0 aromatic heterocycles. The van der Waals surface area contributed by atoms with Crippen LogP contribution in [0.25, 0.3) is 0 Å². The van der Waals surface area contributed by atoms with E-state index < -0.39 is 0 Å². The average molecular weight is 239 g/mol. The van der Waals surface area contributed by atoms with Gasteiger partial charge in [0.25, 0.3) is 0 Å². The van der Waals surface area contributed by atoms with Gasteiger partial charge in [-0.1, -0.05) is 58.8 Å². The molecule has 0 N–H and O–H groups in total. The summed E-state index contributed by atoms with van der Waals surface area (Å²) in [6.07, 6.45) is 15.7. The number of nitrogens with zero attached hydrogens (tertiary/aromatic N) is 1. The maximum absolute atomic E-state index is 2.82. The van der Waals surface area contributed by atoms with Gasteiger partial charge in [0.1, 0.15) is 0 Å². The molecule has 17 heavy (non-hydrogen) atoms. The van der Waals surface area contributed by atoms with Crippen molar-refractivity contribution in [3.05, 3.63) is 0 Å². The summed E-state index contributed by atoms with van der Waals surface area (Å²) in [5.41, 5.74) is 0. The van der Waals surface area contributed by atoms with Crippen LogP contribution >= 0.6 is 0 Å². The lowest BCUT2D eigenvalue weighted by atomic mass is 10.0. The van der Waals surface area contributed by atoms with Gasteiger partial charge >= 0.3 is 0 Å². The monoisotopic (exact) mass is 239 g/mol. The fourth-order valence-corrected chi connectivity index (χ4v) is 3.04. The van der Waals surface area contributed by atoms with Gasteiger partial charge in [-0.3, -0.25) is 0 Å². The predicted octanol–water partition coefficient (Wildman–Crippen LogP) is 5.00. The van der Waals surface area contributed by atoms with Crippen molar-refractivity contribution < 1.29 is 0 Å². The van der Waals surface area contributed by atoms with Crippen LogP contribution in [-0.2, 0) is 0 Å². The highest BCUT2D eigenvalue weighted by Gasteiger charge is 2.18. The van der Waals surface area contributed by atoms with Crippen LogP contribution in [0.3, 0.4) is 0 Å². The van der Waals surface area contributed by atoms with Crippen molar-refractivity contribution in [2.45, 2.75) is 90.5 Å². The third-order valence-corrected chi connectivity index (χ3v) is 4.19. The first-order valence-corrected chi connectivity index (χ1v) is 8.12. The molecule has 1 unspecified atom stereocenters. The Hall–Kier alpha value is -0.0400. The minimum atomic E-state index is 0.902. The van der Waals surface area contributed by atoms with Crippen molar-refractivity contribution in [2.24, 2.45) is 0 Å². The van der Waals surface area contributed by atoms with Gasteiger partial charge < -0.3 is 4.90 Å². The van der Waals surface area contributed by atoms with Gasteiger partial charge in [-0.15, -0.1) is 0 Å². The highest BCUT2D eigenvalue weighted by atomic mass is 15.1. The third-order valence-electron chi connectivity index (χ3n) is 4.19. The molecule has 1 atom stereocenters. The van der Waals surface area contributed by atoms with Crippen LogP contribution in [-0.4, -0.2) is 24.0 Å². The lowest BCUT2D eigenvalue weighted by Crippen LogP contribution is -2.36. The van der Waals surface area contributed by atoms with Crippen LogP contribution in [0.1, 0.15) is 84.5 Å². The molecule has 1 nitrogen and oxygen atoms in total. The second-order valence-electron chi connectivity index (χ2n) is 5.74. The van der Waals surface area contributed by atoms with E-state index in [1.165, 1.54) is 83.7 Å². The Bertz CT molecular complexity index is 159. The van der Waals surface area contributed by atoms with Crippen LogP contribution in [0.4, 0.5) is 0 Å². The van der Waals surface area contributed by atoms with Gasteiger partial charge in [0, 0.05) is 6.04 Å². The average Bonchev–Trinajstić information content (AvgIpc) is 2.62. The molecule has 0 aromatic rings. The molecule has 0 aliphatic carbocycles. The van der Waals surface area contributed by atoms with E-state index in [0.717, 1.165) is 6.04 Å². The Morgan fingerprint density at radius 1 is 0.765 bits per heavy atom. The van der Waals surface area contributed by atoms with Crippen LogP contribution < -0.4 is 0 Å². The number of likely N-dealkylation sites (tertiary alicyclic amines) is 1. The Balaban J connectivity index is 2.35. The highest BCUT2D eigenvalue weighted by Crippen LogP contribution is 2.20. The van der Waals surface area contributed by atoms with Crippen LogP contribution in [0, 0.1) is 0 Å². The number of unbranched alkanes of at least 4 members (excludes halogenated alkanes) is 3. The van der Waals surface area contributed by atoms with Gasteiger partial charge in [0.15, 0.2) is 0 Å². The van der Waals surface area contributed by atoms with Crippen molar-refractivity contribution >= 4 is 0 Å². The first-order valence-electron chi connectivity index (χ1n) is 8.12. The molecular weight excluding hydrogens is 206 g/mol. The van der Waals surface area contributed by atoms with Crippen LogP contribution in [0.5, 0.6) is 0 Å². The van der Waals surface area contributed by atoms with E-state index in [-0.39, 0.29) is 0 Å². The summed E-state index contributed by atoms with van der Waals surface area (Å²) >= 11 is 0. The molecule has 0 saturated carbocycles. The normalized spacial score (nSPS) is 20.1. The minimum Gasteiger partial charge on any atom is -0.300 e. The summed E-state index contributed by atoms with van der Waals surface area (Å²) < 4.78 is 0. The van der Waals surface area contributed by atoms with Crippen molar-refractivity contribution in [2.75, 3.05) is 13.1 Å². The lowest BCUT2D eigenvalue weighted by Gasteiger charge is -2.31. The topological polar surface area (TPSA) is 3.24 Å². The Morgan fingerprint density at radius 2 is 1.35 bits per heavy atom. The second kappa shape index (κ2) is 9.94. The summed E-state index contributed by atoms with van der Waals surface area (Å²) in [5.74, 6) is 0. The molecule has 102 valence electrons. The van der Waals surface area contributed by atoms with Gasteiger partial charge in [-0.05, 0) is 38.8 Å². The Morgan fingerprint density at radius 3 is 1.94 bits per heavy atom. The smallest absolute Gasteiger partial charge is 0.00952 e. The van der Waals surface area contributed by atoms with E-state index in [9.17, 15) is 0 Å². The fraction of sp³-hybridized carbons (Fsp3) is 1.00. The van der Waals surface area contributed by atoms with Crippen molar-refractivity contribution in [3.63, 3.8) is 0 Å². The highest BCUT2D eigenvalue weighted by molar-refractivity contribution is 4.74. The Labute approximate surface area is 109 Å². The zero-order valence-corrected chi connectivity index (χ0v) is 12.2. The molecule has 0 spiro atoms. The molecule has 1 heterocycles. The molecule has 0 bridgehead atoms. The number of hydrogen-bond acceptors (Lipinski definition) is 1. The van der Waals surface area contributed by atoms with Gasteiger partial charge in [0.05, 0.1) is 0 Å². The SMILES string of the molecule is CCCCCC(CCCC)N1CCCCCC1. The van der Waals surface area contributed by atoms with Crippen molar-refractivity contribution in [1.29, 1.82) is 0 Å². The summed E-state index contributed by atoms with van der Waals surface area (Å²) in [6, 6.07) is 0.902. The quantitative estimate of drug-likeness (QED) is 0.539. The first kappa shape index (κ1) is 15.0. The Kier molecular flexibility index (Phi) is 8.78. The maximum atomic E-state index is 2.82. The zero-order valence-electron chi connectivity index (χ0n) is 12.2. The lowest BCUT2D eigenvalue weighted by molar-refractivity contribution is 0.177. The molecule has 0 radical (unpaired) electrons. The summed E-state index contributed by atoms with van der Waals surface area (Å²) in [6.45, 7) is 7.39. The number of rotatable bonds is 8. The molecule has 1 rings (SSSR count). The molecule has 1 aliphatic rings. The predicted molar refractivity (Wildman–Crippen MR) is 77.5 cm³/mol. The van der Waals surface area contributed by atoms with Crippen LogP contribution in [0.15, 0.2) is 0 Å². The number of hydrogen-bond donors (Lipinski definition) is 0. The third kappa shape index (κ3) is 6.45. The van der Waals surface area contributed by atoms with Crippen LogP contribution in [0.2, 0.25) is 0 Å². The molecule has 1 aliphatic heterocycles. The molecule has 0 amide bonds. The molecule has 0 aromatic carbocycles. The van der Waals surface area contributed by atoms with E-state index in [4.69, 9.17) is 0 Å². The summed E-state index contributed by atoms with van der Waals surface area (Å²) in [7, 11) is 0. The first-order chi connectivity index (χ1) is 8.38.